The molecule has 2 aromatic rings. The van der Waals surface area contributed by atoms with Gasteiger partial charge in [0.2, 0.25) is 0 Å². The van der Waals surface area contributed by atoms with Gasteiger partial charge in [0, 0.05) is 19.5 Å². The van der Waals surface area contributed by atoms with E-state index in [-0.39, 0.29) is 0 Å². The molecule has 0 fully saturated rings. The van der Waals surface area contributed by atoms with Gasteiger partial charge in [-0.2, -0.15) is 0 Å². The number of halogens is 1. The molecule has 0 aliphatic rings. The molecule has 4 heteroatoms. The maximum Gasteiger partial charge on any atom is 0.111 e. The molecule has 0 unspecified atom stereocenters. The second-order valence-corrected chi connectivity index (χ2v) is 4.55. The van der Waals surface area contributed by atoms with Crippen LogP contribution in [-0.2, 0) is 13.0 Å². The normalized spacial score (nSPS) is 11.2. The van der Waals surface area contributed by atoms with Crippen LogP contribution in [0.3, 0.4) is 0 Å². The molecule has 1 heterocycles. The van der Waals surface area contributed by atoms with E-state index in [1.165, 1.54) is 0 Å². The maximum absolute atomic E-state index is 6.27. The monoisotopic (exact) mass is 251 g/mol. The molecule has 0 spiro atoms. The molecule has 0 saturated carbocycles. The molecule has 0 bridgehead atoms. The van der Waals surface area contributed by atoms with E-state index >= 15 is 0 Å². The molecule has 1 N–H and O–H groups in total. The minimum absolute atomic E-state index is 0.791. The summed E-state index contributed by atoms with van der Waals surface area (Å²) in [6, 6.07) is 5.91. The van der Waals surface area contributed by atoms with Gasteiger partial charge < -0.3 is 9.88 Å². The number of benzene rings is 1. The Bertz CT molecular complexity index is 505. The fourth-order valence-corrected chi connectivity index (χ4v) is 2.35. The van der Waals surface area contributed by atoms with Crippen molar-refractivity contribution >= 4 is 22.6 Å². The number of fused-ring (bicyclic) bond motifs is 1. The van der Waals surface area contributed by atoms with Crippen LogP contribution in [0.15, 0.2) is 18.2 Å². The topological polar surface area (TPSA) is 29.9 Å². The Hall–Kier alpha value is -1.06. The molecule has 1 aromatic carbocycles. The van der Waals surface area contributed by atoms with Crippen molar-refractivity contribution in [1.29, 1.82) is 0 Å². The quantitative estimate of drug-likeness (QED) is 0.886. The minimum Gasteiger partial charge on any atom is -0.327 e. The molecule has 92 valence electrons. The number of aromatic nitrogens is 2. The Morgan fingerprint density at radius 2 is 2.24 bits per heavy atom. The standard InChI is InChI=1S/C13H18ClN3/c1-3-9-17-12(7-8-15-2)16-11-6-4-5-10(14)13(11)17/h4-6,15H,3,7-9H2,1-2H3. The number of rotatable bonds is 5. The SMILES string of the molecule is CCCn1c(CCNC)nc2cccc(Cl)c21. The van der Waals surface area contributed by atoms with Gasteiger partial charge in [-0.1, -0.05) is 24.6 Å². The number of imidazole rings is 1. The third-order valence-corrected chi connectivity index (χ3v) is 3.15. The highest BCUT2D eigenvalue weighted by molar-refractivity contribution is 6.35. The van der Waals surface area contributed by atoms with Crippen LogP contribution in [0.5, 0.6) is 0 Å². The first-order valence-electron chi connectivity index (χ1n) is 6.06. The van der Waals surface area contributed by atoms with Crippen molar-refractivity contribution in [2.24, 2.45) is 0 Å². The first-order chi connectivity index (χ1) is 8.27. The Labute approximate surface area is 107 Å². The van der Waals surface area contributed by atoms with Gasteiger partial charge in [0.05, 0.1) is 16.1 Å². The zero-order chi connectivity index (χ0) is 12.3. The van der Waals surface area contributed by atoms with Crippen molar-refractivity contribution in [2.45, 2.75) is 26.3 Å². The van der Waals surface area contributed by atoms with Crippen LogP contribution in [0.4, 0.5) is 0 Å². The number of aryl methyl sites for hydroxylation is 1. The Kier molecular flexibility index (Phi) is 4.02. The average molecular weight is 252 g/mol. The van der Waals surface area contributed by atoms with Crippen LogP contribution in [0.25, 0.3) is 11.0 Å². The van der Waals surface area contributed by atoms with Gasteiger partial charge in [-0.15, -0.1) is 0 Å². The Balaban J connectivity index is 2.51. The van der Waals surface area contributed by atoms with Crippen LogP contribution in [0.2, 0.25) is 5.02 Å². The average Bonchev–Trinajstić information content (AvgIpc) is 2.67. The summed E-state index contributed by atoms with van der Waals surface area (Å²) in [5.41, 5.74) is 2.07. The first-order valence-corrected chi connectivity index (χ1v) is 6.44. The van der Waals surface area contributed by atoms with Crippen molar-refractivity contribution in [2.75, 3.05) is 13.6 Å². The summed E-state index contributed by atoms with van der Waals surface area (Å²) in [5.74, 6) is 1.12. The van der Waals surface area contributed by atoms with Gasteiger partial charge in [0.15, 0.2) is 0 Å². The molecule has 0 aliphatic carbocycles. The van der Waals surface area contributed by atoms with Gasteiger partial charge in [-0.3, -0.25) is 0 Å². The molecular formula is C13H18ClN3. The van der Waals surface area contributed by atoms with Gasteiger partial charge in [-0.25, -0.2) is 4.98 Å². The summed E-state index contributed by atoms with van der Waals surface area (Å²) in [7, 11) is 1.96. The lowest BCUT2D eigenvalue weighted by atomic mass is 10.3. The summed E-state index contributed by atoms with van der Waals surface area (Å²) < 4.78 is 2.25. The van der Waals surface area contributed by atoms with Crippen molar-refractivity contribution in [3.8, 4) is 0 Å². The van der Waals surface area contributed by atoms with E-state index in [9.17, 15) is 0 Å². The number of likely N-dealkylation sites (N-methyl/N-ethyl adjacent to an activating group) is 1. The number of para-hydroxylation sites is 1. The highest BCUT2D eigenvalue weighted by atomic mass is 35.5. The highest BCUT2D eigenvalue weighted by Crippen LogP contribution is 2.25. The molecule has 2 rings (SSSR count). The van der Waals surface area contributed by atoms with Crippen LogP contribution in [-0.4, -0.2) is 23.1 Å². The summed E-state index contributed by atoms with van der Waals surface area (Å²) in [4.78, 5) is 4.67. The number of hydrogen-bond donors (Lipinski definition) is 1. The van der Waals surface area contributed by atoms with E-state index in [1.54, 1.807) is 0 Å². The highest BCUT2D eigenvalue weighted by Gasteiger charge is 2.11. The minimum atomic E-state index is 0.791. The van der Waals surface area contributed by atoms with E-state index in [0.717, 1.165) is 47.8 Å². The summed E-state index contributed by atoms with van der Waals surface area (Å²) in [6.45, 7) is 4.08. The van der Waals surface area contributed by atoms with Crippen molar-refractivity contribution in [3.63, 3.8) is 0 Å². The van der Waals surface area contributed by atoms with Crippen LogP contribution >= 0.6 is 11.6 Å². The third kappa shape index (κ3) is 2.45. The molecule has 0 saturated heterocycles. The number of nitrogens with zero attached hydrogens (tertiary/aromatic N) is 2. The predicted molar refractivity (Wildman–Crippen MR) is 72.7 cm³/mol. The van der Waals surface area contributed by atoms with Crippen molar-refractivity contribution < 1.29 is 0 Å². The van der Waals surface area contributed by atoms with E-state index < -0.39 is 0 Å². The molecule has 0 aliphatic heterocycles. The summed E-state index contributed by atoms with van der Waals surface area (Å²) >= 11 is 6.27. The lowest BCUT2D eigenvalue weighted by Crippen LogP contribution is -2.14. The predicted octanol–water partition coefficient (Wildman–Crippen LogP) is 2.86. The molecule has 17 heavy (non-hydrogen) atoms. The third-order valence-electron chi connectivity index (χ3n) is 2.84. The molecule has 3 nitrogen and oxygen atoms in total. The summed E-state index contributed by atoms with van der Waals surface area (Å²) in [6.07, 6.45) is 2.02. The smallest absolute Gasteiger partial charge is 0.111 e. The van der Waals surface area contributed by atoms with Gasteiger partial charge in [0.25, 0.3) is 0 Å². The van der Waals surface area contributed by atoms with Gasteiger partial charge >= 0.3 is 0 Å². The maximum atomic E-state index is 6.27. The molecule has 0 radical (unpaired) electrons. The van der Waals surface area contributed by atoms with E-state index in [1.807, 2.05) is 25.2 Å². The Morgan fingerprint density at radius 3 is 2.94 bits per heavy atom. The van der Waals surface area contributed by atoms with Crippen molar-refractivity contribution in [1.82, 2.24) is 14.9 Å². The molecule has 0 atom stereocenters. The van der Waals surface area contributed by atoms with Crippen LogP contribution in [0, 0.1) is 0 Å². The number of hydrogen-bond acceptors (Lipinski definition) is 2. The molecule has 0 amide bonds. The van der Waals surface area contributed by atoms with E-state index in [4.69, 9.17) is 11.6 Å². The Morgan fingerprint density at radius 1 is 1.41 bits per heavy atom. The lowest BCUT2D eigenvalue weighted by molar-refractivity contribution is 0.638. The van der Waals surface area contributed by atoms with Crippen LogP contribution in [0.1, 0.15) is 19.2 Å². The summed E-state index contributed by atoms with van der Waals surface area (Å²) in [5, 5.41) is 3.95. The largest absolute Gasteiger partial charge is 0.327 e. The van der Waals surface area contributed by atoms with Crippen molar-refractivity contribution in [3.05, 3.63) is 29.0 Å². The fraction of sp³-hybridized carbons (Fsp3) is 0.462. The second-order valence-electron chi connectivity index (χ2n) is 4.14. The van der Waals surface area contributed by atoms with Crippen LogP contribution < -0.4 is 5.32 Å². The second kappa shape index (κ2) is 5.52. The zero-order valence-electron chi connectivity index (χ0n) is 10.3. The van der Waals surface area contributed by atoms with Gasteiger partial charge in [0.1, 0.15) is 5.82 Å². The van der Waals surface area contributed by atoms with E-state index in [2.05, 4.69) is 21.8 Å². The molecular weight excluding hydrogens is 234 g/mol. The molecule has 1 aromatic heterocycles. The zero-order valence-corrected chi connectivity index (χ0v) is 11.1. The van der Waals surface area contributed by atoms with Gasteiger partial charge in [-0.05, 0) is 25.6 Å². The van der Waals surface area contributed by atoms with E-state index in [0.29, 0.717) is 0 Å². The lowest BCUT2D eigenvalue weighted by Gasteiger charge is -2.08. The number of nitrogens with one attached hydrogen (secondary N) is 1. The fourth-order valence-electron chi connectivity index (χ4n) is 2.08. The first kappa shape index (κ1) is 12.4.